The normalized spacial score (nSPS) is 25.7. The summed E-state index contributed by atoms with van der Waals surface area (Å²) in [5.41, 5.74) is 2.69. The molecule has 0 bridgehead atoms. The molecule has 2 heterocycles. The first-order valence-corrected chi connectivity index (χ1v) is 11.4. The number of guanidine groups is 1. The molecule has 1 saturated carbocycles. The lowest BCUT2D eigenvalue weighted by atomic mass is 9.82. The average Bonchev–Trinajstić information content (AvgIpc) is 3.13. The molecule has 0 aromatic heterocycles. The Balaban J connectivity index is 0.00000210. The zero-order chi connectivity index (χ0) is 17.8. The summed E-state index contributed by atoms with van der Waals surface area (Å²) < 4.78 is 0. The van der Waals surface area contributed by atoms with Gasteiger partial charge in [-0.1, -0.05) is 25.0 Å². The van der Waals surface area contributed by atoms with E-state index in [2.05, 4.69) is 56.1 Å². The van der Waals surface area contributed by atoms with Crippen LogP contribution >= 0.6 is 35.7 Å². The summed E-state index contributed by atoms with van der Waals surface area (Å²) in [7, 11) is 1.92. The van der Waals surface area contributed by atoms with Gasteiger partial charge >= 0.3 is 0 Å². The van der Waals surface area contributed by atoms with Crippen LogP contribution in [0.1, 0.15) is 31.2 Å². The summed E-state index contributed by atoms with van der Waals surface area (Å²) in [4.78, 5) is 9.54. The highest BCUT2D eigenvalue weighted by atomic mass is 127. The van der Waals surface area contributed by atoms with Crippen LogP contribution in [0.25, 0.3) is 0 Å². The molecule has 0 amide bonds. The predicted molar refractivity (Wildman–Crippen MR) is 129 cm³/mol. The lowest BCUT2D eigenvalue weighted by Crippen LogP contribution is -2.39. The molecule has 1 aliphatic carbocycles. The number of anilines is 1. The molecular weight excluding hydrogens is 467 g/mol. The number of rotatable bonds is 3. The van der Waals surface area contributed by atoms with Crippen LogP contribution in [0.3, 0.4) is 0 Å². The van der Waals surface area contributed by atoms with E-state index in [0.717, 1.165) is 24.3 Å². The minimum Gasteiger partial charge on any atom is -0.370 e. The molecule has 2 unspecified atom stereocenters. The summed E-state index contributed by atoms with van der Waals surface area (Å²) >= 11 is 2.06. The molecule has 150 valence electrons. The minimum absolute atomic E-state index is 0. The fourth-order valence-corrected chi connectivity index (χ4v) is 5.64. The van der Waals surface area contributed by atoms with Crippen LogP contribution in [0.2, 0.25) is 0 Å². The van der Waals surface area contributed by atoms with Gasteiger partial charge < -0.3 is 15.1 Å². The zero-order valence-electron chi connectivity index (χ0n) is 16.4. The van der Waals surface area contributed by atoms with E-state index in [1.807, 2.05) is 7.05 Å². The molecule has 2 saturated heterocycles. The Labute approximate surface area is 185 Å². The van der Waals surface area contributed by atoms with Crippen LogP contribution in [0.4, 0.5) is 5.69 Å². The van der Waals surface area contributed by atoms with Gasteiger partial charge in [0.1, 0.15) is 0 Å². The second-order valence-corrected chi connectivity index (χ2v) is 9.10. The molecule has 1 aromatic carbocycles. The standard InChI is InChI=1S/C21H32N4S.HI/c1-22-21(25-15-18-4-2-3-5-19(18)16-25)23-14-17-6-8-20(9-7-17)24-10-12-26-13-11-24;/h6-9,18-19H,2-5,10-16H2,1H3,(H,22,23);1H. The molecular formula is C21H33IN4S. The van der Waals surface area contributed by atoms with E-state index >= 15 is 0 Å². The summed E-state index contributed by atoms with van der Waals surface area (Å²) in [6.45, 7) is 5.58. The lowest BCUT2D eigenvalue weighted by Gasteiger charge is -2.28. The topological polar surface area (TPSA) is 30.9 Å². The van der Waals surface area contributed by atoms with Gasteiger partial charge in [0, 0.05) is 57.0 Å². The number of nitrogens with zero attached hydrogens (tertiary/aromatic N) is 3. The highest BCUT2D eigenvalue weighted by Crippen LogP contribution is 2.35. The molecule has 27 heavy (non-hydrogen) atoms. The molecule has 2 aliphatic heterocycles. The van der Waals surface area contributed by atoms with Crippen LogP contribution in [0, 0.1) is 11.8 Å². The van der Waals surface area contributed by atoms with E-state index in [4.69, 9.17) is 0 Å². The molecule has 4 rings (SSSR count). The van der Waals surface area contributed by atoms with Gasteiger partial charge in [-0.3, -0.25) is 4.99 Å². The number of hydrogen-bond acceptors (Lipinski definition) is 3. The summed E-state index contributed by atoms with van der Waals surface area (Å²) in [5.74, 6) is 5.36. The van der Waals surface area contributed by atoms with Crippen LogP contribution in [0.15, 0.2) is 29.3 Å². The molecule has 6 heteroatoms. The average molecular weight is 500 g/mol. The van der Waals surface area contributed by atoms with Gasteiger partial charge in [0.2, 0.25) is 0 Å². The van der Waals surface area contributed by atoms with Crippen molar-refractivity contribution in [2.24, 2.45) is 16.8 Å². The van der Waals surface area contributed by atoms with Crippen LogP contribution < -0.4 is 10.2 Å². The fraction of sp³-hybridized carbons (Fsp3) is 0.667. The summed E-state index contributed by atoms with van der Waals surface area (Å²) in [5, 5.41) is 3.60. The number of benzene rings is 1. The van der Waals surface area contributed by atoms with E-state index in [9.17, 15) is 0 Å². The monoisotopic (exact) mass is 500 g/mol. The van der Waals surface area contributed by atoms with Crippen molar-refractivity contribution in [3.63, 3.8) is 0 Å². The molecule has 3 fully saturated rings. The number of thioether (sulfide) groups is 1. The highest BCUT2D eigenvalue weighted by Gasteiger charge is 2.35. The summed E-state index contributed by atoms with van der Waals surface area (Å²) in [6.07, 6.45) is 5.66. The molecule has 0 spiro atoms. The third kappa shape index (κ3) is 5.25. The second-order valence-electron chi connectivity index (χ2n) is 7.88. The van der Waals surface area contributed by atoms with Gasteiger partial charge in [0.05, 0.1) is 0 Å². The molecule has 1 N–H and O–H groups in total. The van der Waals surface area contributed by atoms with Crippen molar-refractivity contribution < 1.29 is 0 Å². The van der Waals surface area contributed by atoms with Crippen molar-refractivity contribution in [2.45, 2.75) is 32.2 Å². The Morgan fingerprint density at radius 2 is 1.70 bits per heavy atom. The second kappa shape index (κ2) is 10.2. The van der Waals surface area contributed by atoms with Gasteiger partial charge in [0.25, 0.3) is 0 Å². The Morgan fingerprint density at radius 1 is 1.07 bits per heavy atom. The van der Waals surface area contributed by atoms with Gasteiger partial charge in [0.15, 0.2) is 5.96 Å². The third-order valence-corrected chi connectivity index (χ3v) is 7.19. The number of hydrogen-bond donors (Lipinski definition) is 1. The Bertz CT molecular complexity index is 601. The Hall–Kier alpha value is -0.630. The number of fused-ring (bicyclic) bond motifs is 1. The van der Waals surface area contributed by atoms with Crippen molar-refractivity contribution >= 4 is 47.4 Å². The first-order chi connectivity index (χ1) is 12.8. The molecule has 2 atom stereocenters. The number of likely N-dealkylation sites (tertiary alicyclic amines) is 1. The van der Waals surface area contributed by atoms with E-state index in [-0.39, 0.29) is 24.0 Å². The van der Waals surface area contributed by atoms with Crippen molar-refractivity contribution in [2.75, 3.05) is 49.6 Å². The van der Waals surface area contributed by atoms with E-state index < -0.39 is 0 Å². The maximum absolute atomic E-state index is 4.55. The number of aliphatic imine (C=N–C) groups is 1. The quantitative estimate of drug-likeness (QED) is 0.386. The van der Waals surface area contributed by atoms with Crippen molar-refractivity contribution in [3.8, 4) is 0 Å². The largest absolute Gasteiger partial charge is 0.370 e. The summed E-state index contributed by atoms with van der Waals surface area (Å²) in [6, 6.07) is 9.09. The van der Waals surface area contributed by atoms with Gasteiger partial charge in [-0.15, -0.1) is 24.0 Å². The molecule has 4 nitrogen and oxygen atoms in total. The van der Waals surface area contributed by atoms with Crippen LogP contribution in [0.5, 0.6) is 0 Å². The maximum atomic E-state index is 4.55. The number of nitrogens with one attached hydrogen (secondary N) is 1. The van der Waals surface area contributed by atoms with Gasteiger partial charge in [-0.25, -0.2) is 0 Å². The van der Waals surface area contributed by atoms with Crippen LogP contribution in [-0.2, 0) is 6.54 Å². The lowest BCUT2D eigenvalue weighted by molar-refractivity contribution is 0.299. The van der Waals surface area contributed by atoms with E-state index in [0.29, 0.717) is 0 Å². The minimum atomic E-state index is 0. The molecule has 3 aliphatic rings. The molecule has 1 aromatic rings. The highest BCUT2D eigenvalue weighted by molar-refractivity contribution is 14.0. The fourth-order valence-electron chi connectivity index (χ4n) is 4.74. The van der Waals surface area contributed by atoms with Gasteiger partial charge in [-0.05, 0) is 42.4 Å². The first-order valence-electron chi connectivity index (χ1n) is 10.2. The first kappa shape index (κ1) is 21.1. The Morgan fingerprint density at radius 3 is 2.30 bits per heavy atom. The number of halogens is 1. The van der Waals surface area contributed by atoms with E-state index in [1.165, 1.54) is 74.6 Å². The molecule has 0 radical (unpaired) electrons. The zero-order valence-corrected chi connectivity index (χ0v) is 19.5. The predicted octanol–water partition coefficient (Wildman–Crippen LogP) is 4.06. The smallest absolute Gasteiger partial charge is 0.193 e. The van der Waals surface area contributed by atoms with Crippen molar-refractivity contribution in [1.82, 2.24) is 10.2 Å². The van der Waals surface area contributed by atoms with Gasteiger partial charge in [-0.2, -0.15) is 11.8 Å². The SMILES string of the molecule is CN=C(NCc1ccc(N2CCSCC2)cc1)N1CC2CCCCC2C1.I. The van der Waals surface area contributed by atoms with Crippen molar-refractivity contribution in [3.05, 3.63) is 29.8 Å². The Kier molecular flexibility index (Phi) is 7.99. The van der Waals surface area contributed by atoms with Crippen LogP contribution in [-0.4, -0.2) is 55.6 Å². The third-order valence-electron chi connectivity index (χ3n) is 6.25. The maximum Gasteiger partial charge on any atom is 0.193 e. The van der Waals surface area contributed by atoms with E-state index in [1.54, 1.807) is 0 Å². The van der Waals surface area contributed by atoms with Crippen molar-refractivity contribution in [1.29, 1.82) is 0 Å².